The maximum atomic E-state index is 11.4. The standard InChI is InChI=1S/C18H23N3O3/c1-12-5-6-16(15(9-12)18(22)23)20-14-10-13(2)17(19-11-14)21(3)7-8-24-4/h5-6,9-11,20H,7-8H2,1-4H3,(H,22,23). The van der Waals surface area contributed by atoms with Crippen molar-refractivity contribution in [2.24, 2.45) is 0 Å². The van der Waals surface area contributed by atoms with E-state index in [1.807, 2.05) is 37.9 Å². The van der Waals surface area contributed by atoms with Crippen LogP contribution in [0.25, 0.3) is 0 Å². The number of carboxylic acids is 1. The van der Waals surface area contributed by atoms with Crippen LogP contribution < -0.4 is 10.2 Å². The number of likely N-dealkylation sites (N-methyl/N-ethyl adjacent to an activating group) is 1. The largest absolute Gasteiger partial charge is 0.478 e. The van der Waals surface area contributed by atoms with Crippen molar-refractivity contribution in [1.29, 1.82) is 0 Å². The molecule has 24 heavy (non-hydrogen) atoms. The number of hydrogen-bond donors (Lipinski definition) is 2. The third-order valence-corrected chi connectivity index (χ3v) is 3.73. The molecule has 2 aromatic rings. The van der Waals surface area contributed by atoms with Gasteiger partial charge in [0.15, 0.2) is 0 Å². The Hall–Kier alpha value is -2.60. The molecule has 128 valence electrons. The maximum absolute atomic E-state index is 11.4. The molecule has 0 saturated heterocycles. The number of pyridine rings is 1. The quantitative estimate of drug-likeness (QED) is 0.812. The van der Waals surface area contributed by atoms with Gasteiger partial charge in [-0.2, -0.15) is 0 Å². The molecule has 6 nitrogen and oxygen atoms in total. The van der Waals surface area contributed by atoms with Gasteiger partial charge in [-0.15, -0.1) is 0 Å². The summed E-state index contributed by atoms with van der Waals surface area (Å²) in [4.78, 5) is 17.9. The number of anilines is 3. The molecular formula is C18H23N3O3. The first kappa shape index (κ1) is 17.7. The smallest absolute Gasteiger partial charge is 0.337 e. The van der Waals surface area contributed by atoms with Gasteiger partial charge in [0, 0.05) is 20.7 Å². The van der Waals surface area contributed by atoms with Gasteiger partial charge in [0.2, 0.25) is 0 Å². The van der Waals surface area contributed by atoms with Crippen molar-refractivity contribution in [2.45, 2.75) is 13.8 Å². The Morgan fingerprint density at radius 1 is 1.33 bits per heavy atom. The third-order valence-electron chi connectivity index (χ3n) is 3.73. The number of benzene rings is 1. The van der Waals surface area contributed by atoms with Gasteiger partial charge in [-0.1, -0.05) is 11.6 Å². The van der Waals surface area contributed by atoms with Crippen molar-refractivity contribution in [3.8, 4) is 0 Å². The zero-order valence-corrected chi connectivity index (χ0v) is 14.5. The summed E-state index contributed by atoms with van der Waals surface area (Å²) in [5.74, 6) is -0.0817. The van der Waals surface area contributed by atoms with Gasteiger partial charge in [-0.05, 0) is 37.6 Å². The molecule has 0 saturated carbocycles. The van der Waals surface area contributed by atoms with Crippen LogP contribution in [0.5, 0.6) is 0 Å². The van der Waals surface area contributed by atoms with Crippen LogP contribution in [0.4, 0.5) is 17.2 Å². The van der Waals surface area contributed by atoms with Crippen molar-refractivity contribution in [1.82, 2.24) is 4.98 Å². The minimum absolute atomic E-state index is 0.244. The van der Waals surface area contributed by atoms with E-state index in [9.17, 15) is 9.90 Å². The van der Waals surface area contributed by atoms with Gasteiger partial charge in [-0.25, -0.2) is 9.78 Å². The molecular weight excluding hydrogens is 306 g/mol. The monoisotopic (exact) mass is 329 g/mol. The third kappa shape index (κ3) is 4.23. The van der Waals surface area contributed by atoms with Crippen LogP contribution in [-0.2, 0) is 4.74 Å². The lowest BCUT2D eigenvalue weighted by Crippen LogP contribution is -2.23. The second-order valence-corrected chi connectivity index (χ2v) is 5.76. The molecule has 0 radical (unpaired) electrons. The summed E-state index contributed by atoms with van der Waals surface area (Å²) in [6.07, 6.45) is 1.71. The van der Waals surface area contributed by atoms with Crippen molar-refractivity contribution in [3.05, 3.63) is 47.2 Å². The zero-order valence-electron chi connectivity index (χ0n) is 14.5. The Bertz CT molecular complexity index is 731. The minimum atomic E-state index is -0.957. The molecule has 0 amide bonds. The van der Waals surface area contributed by atoms with Crippen LogP contribution in [0.2, 0.25) is 0 Å². The number of hydrogen-bond acceptors (Lipinski definition) is 5. The fourth-order valence-corrected chi connectivity index (χ4v) is 2.47. The minimum Gasteiger partial charge on any atom is -0.478 e. The lowest BCUT2D eigenvalue weighted by Gasteiger charge is -2.20. The number of aryl methyl sites for hydroxylation is 2. The van der Waals surface area contributed by atoms with Gasteiger partial charge in [-0.3, -0.25) is 0 Å². The van der Waals surface area contributed by atoms with Crippen molar-refractivity contribution in [2.75, 3.05) is 37.5 Å². The fraction of sp³-hybridized carbons (Fsp3) is 0.333. The molecule has 0 aliphatic rings. The molecule has 0 aliphatic carbocycles. The number of nitrogens with zero attached hydrogens (tertiary/aromatic N) is 2. The summed E-state index contributed by atoms with van der Waals surface area (Å²) in [6.45, 7) is 5.22. The van der Waals surface area contributed by atoms with Gasteiger partial charge < -0.3 is 20.1 Å². The average molecular weight is 329 g/mol. The number of methoxy groups -OCH3 is 1. The highest BCUT2D eigenvalue weighted by Crippen LogP contribution is 2.25. The molecule has 0 fully saturated rings. The zero-order chi connectivity index (χ0) is 17.7. The van der Waals surface area contributed by atoms with Crippen molar-refractivity contribution >= 4 is 23.2 Å². The highest BCUT2D eigenvalue weighted by atomic mass is 16.5. The first-order valence-electron chi connectivity index (χ1n) is 7.70. The second kappa shape index (κ2) is 7.79. The van der Waals surface area contributed by atoms with E-state index in [2.05, 4.69) is 10.3 Å². The Morgan fingerprint density at radius 2 is 2.08 bits per heavy atom. The predicted octanol–water partition coefficient (Wildman–Crippen LogP) is 3.22. The number of rotatable bonds is 7. The van der Waals surface area contributed by atoms with Crippen LogP contribution >= 0.6 is 0 Å². The molecule has 1 aromatic carbocycles. The number of nitrogens with one attached hydrogen (secondary N) is 1. The normalized spacial score (nSPS) is 10.5. The van der Waals surface area contributed by atoms with E-state index < -0.39 is 5.97 Å². The Labute approximate surface area is 142 Å². The lowest BCUT2D eigenvalue weighted by molar-refractivity contribution is 0.0698. The van der Waals surface area contributed by atoms with Gasteiger partial charge in [0.05, 0.1) is 29.7 Å². The van der Waals surface area contributed by atoms with Crippen molar-refractivity contribution < 1.29 is 14.6 Å². The molecule has 0 aliphatic heterocycles. The van der Waals surface area contributed by atoms with E-state index in [0.29, 0.717) is 12.3 Å². The molecule has 0 bridgehead atoms. The lowest BCUT2D eigenvalue weighted by atomic mass is 10.1. The van der Waals surface area contributed by atoms with Gasteiger partial charge in [0.25, 0.3) is 0 Å². The Morgan fingerprint density at radius 3 is 2.71 bits per heavy atom. The van der Waals surface area contributed by atoms with E-state index in [-0.39, 0.29) is 5.56 Å². The highest BCUT2D eigenvalue weighted by molar-refractivity contribution is 5.95. The molecule has 6 heteroatoms. The van der Waals surface area contributed by atoms with E-state index >= 15 is 0 Å². The molecule has 2 N–H and O–H groups in total. The molecule has 2 rings (SSSR count). The van der Waals surface area contributed by atoms with Crippen LogP contribution in [0, 0.1) is 13.8 Å². The van der Waals surface area contributed by atoms with E-state index in [1.165, 1.54) is 0 Å². The highest BCUT2D eigenvalue weighted by Gasteiger charge is 2.12. The molecule has 1 heterocycles. The van der Waals surface area contributed by atoms with Crippen LogP contribution in [0.1, 0.15) is 21.5 Å². The van der Waals surface area contributed by atoms with Crippen LogP contribution in [0.15, 0.2) is 30.5 Å². The Balaban J connectivity index is 2.23. The van der Waals surface area contributed by atoms with Gasteiger partial charge >= 0.3 is 5.97 Å². The summed E-state index contributed by atoms with van der Waals surface area (Å²) in [7, 11) is 3.63. The summed E-state index contributed by atoms with van der Waals surface area (Å²) in [6, 6.07) is 7.25. The molecule has 0 spiro atoms. The van der Waals surface area contributed by atoms with Gasteiger partial charge in [0.1, 0.15) is 5.82 Å². The molecule has 0 atom stereocenters. The summed E-state index contributed by atoms with van der Waals surface area (Å²) >= 11 is 0. The van der Waals surface area contributed by atoms with Crippen LogP contribution in [0.3, 0.4) is 0 Å². The predicted molar refractivity (Wildman–Crippen MR) is 95.5 cm³/mol. The SMILES string of the molecule is COCCN(C)c1ncc(Nc2ccc(C)cc2C(=O)O)cc1C. The Kier molecular flexibility index (Phi) is 5.76. The topological polar surface area (TPSA) is 74.7 Å². The first-order valence-corrected chi connectivity index (χ1v) is 7.70. The first-order chi connectivity index (χ1) is 11.4. The number of carbonyl (C=O) groups is 1. The van der Waals surface area contributed by atoms with Crippen LogP contribution in [-0.4, -0.2) is 43.4 Å². The number of carboxylic acid groups (broad SMARTS) is 1. The van der Waals surface area contributed by atoms with E-state index in [1.54, 1.807) is 25.4 Å². The van der Waals surface area contributed by atoms with E-state index in [0.717, 1.165) is 29.2 Å². The average Bonchev–Trinajstić information content (AvgIpc) is 2.54. The van der Waals surface area contributed by atoms with E-state index in [4.69, 9.17) is 4.74 Å². The summed E-state index contributed by atoms with van der Waals surface area (Å²) in [5.41, 5.74) is 3.46. The molecule has 0 unspecified atom stereocenters. The fourth-order valence-electron chi connectivity index (χ4n) is 2.47. The maximum Gasteiger partial charge on any atom is 0.337 e. The number of aromatic nitrogens is 1. The summed E-state index contributed by atoms with van der Waals surface area (Å²) in [5, 5.41) is 12.5. The second-order valence-electron chi connectivity index (χ2n) is 5.76. The number of aromatic carboxylic acids is 1. The number of ether oxygens (including phenoxy) is 1. The molecule has 1 aromatic heterocycles. The van der Waals surface area contributed by atoms with Crippen molar-refractivity contribution in [3.63, 3.8) is 0 Å². The summed E-state index contributed by atoms with van der Waals surface area (Å²) < 4.78 is 5.08.